The number of benzene rings is 1. The zero-order valence-electron chi connectivity index (χ0n) is 11.1. The fraction of sp³-hybridized carbons (Fsp3) is 0.286. The van der Waals surface area contributed by atoms with Crippen molar-refractivity contribution in [2.75, 3.05) is 19.4 Å². The molecule has 2 aromatic rings. The van der Waals surface area contributed by atoms with Gasteiger partial charge in [-0.15, -0.1) is 0 Å². The molecule has 0 amide bonds. The van der Waals surface area contributed by atoms with Crippen LogP contribution in [0.3, 0.4) is 0 Å². The zero-order chi connectivity index (χ0) is 13.1. The van der Waals surface area contributed by atoms with Crippen LogP contribution in [-0.4, -0.2) is 25.3 Å². The molecule has 1 heterocycles. The summed E-state index contributed by atoms with van der Waals surface area (Å²) in [6, 6.07) is 6.35. The van der Waals surface area contributed by atoms with Crippen LogP contribution in [0.4, 0.5) is 5.13 Å². The Hall–Kier alpha value is -1.68. The van der Waals surface area contributed by atoms with E-state index in [1.165, 1.54) is 21.4 Å². The number of rotatable bonds is 3. The minimum absolute atomic E-state index is 0.949. The summed E-state index contributed by atoms with van der Waals surface area (Å²) >= 11 is 1.67. The van der Waals surface area contributed by atoms with Crippen molar-refractivity contribution in [1.29, 1.82) is 0 Å². The van der Waals surface area contributed by atoms with Crippen LogP contribution in [-0.2, 0) is 0 Å². The average molecular weight is 259 g/mol. The van der Waals surface area contributed by atoms with Crippen LogP contribution in [0.5, 0.6) is 0 Å². The molecule has 0 spiro atoms. The molecule has 1 aromatic heterocycles. The lowest BCUT2D eigenvalue weighted by Gasteiger charge is -2.04. The van der Waals surface area contributed by atoms with Crippen LogP contribution in [0.2, 0.25) is 0 Å². The van der Waals surface area contributed by atoms with Crippen molar-refractivity contribution in [3.63, 3.8) is 0 Å². The molecular weight excluding hydrogens is 242 g/mol. The molecule has 1 N–H and O–H groups in total. The number of hydrogen-bond acceptors (Lipinski definition) is 4. The number of allylic oxidation sites excluding steroid dienone is 2. The first-order valence-corrected chi connectivity index (χ1v) is 6.65. The van der Waals surface area contributed by atoms with Crippen molar-refractivity contribution < 1.29 is 0 Å². The third kappa shape index (κ3) is 2.43. The highest BCUT2D eigenvalue weighted by molar-refractivity contribution is 7.22. The number of thiazole rings is 1. The van der Waals surface area contributed by atoms with Crippen molar-refractivity contribution in [2.45, 2.75) is 13.8 Å². The second-order valence-corrected chi connectivity index (χ2v) is 5.28. The largest absolute Gasteiger partial charge is 0.365 e. The lowest BCUT2D eigenvalue weighted by atomic mass is 10.0. The maximum Gasteiger partial charge on any atom is 0.183 e. The number of aromatic nitrogens is 1. The first-order valence-electron chi connectivity index (χ1n) is 5.84. The predicted octanol–water partition coefficient (Wildman–Crippen LogP) is 3.83. The fourth-order valence-electron chi connectivity index (χ4n) is 1.82. The summed E-state index contributed by atoms with van der Waals surface area (Å²) in [5.74, 6) is 0. The van der Waals surface area contributed by atoms with Crippen LogP contribution in [0.25, 0.3) is 15.8 Å². The number of nitrogens with zero attached hydrogens (tertiary/aromatic N) is 2. The van der Waals surface area contributed by atoms with Gasteiger partial charge < -0.3 is 5.32 Å². The predicted molar refractivity (Wildman–Crippen MR) is 81.9 cm³/mol. The van der Waals surface area contributed by atoms with Gasteiger partial charge in [-0.2, -0.15) is 0 Å². The number of nitrogens with one attached hydrogen (secondary N) is 1. The molecule has 0 atom stereocenters. The summed E-state index contributed by atoms with van der Waals surface area (Å²) < 4.78 is 1.19. The standard InChI is InChI=1S/C14H17N3S/c1-9(2)11(8-15-3)10-5-6-12-13(7-10)18-14(16-4)17-12/h5-8H,1-4H3,(H,16,17). The van der Waals surface area contributed by atoms with Gasteiger partial charge in [-0.25, -0.2) is 4.98 Å². The molecule has 0 aliphatic rings. The van der Waals surface area contributed by atoms with E-state index in [9.17, 15) is 0 Å². The van der Waals surface area contributed by atoms with Crippen LogP contribution >= 0.6 is 11.3 Å². The Morgan fingerprint density at radius 3 is 2.78 bits per heavy atom. The van der Waals surface area contributed by atoms with E-state index in [1.807, 2.05) is 13.3 Å². The summed E-state index contributed by atoms with van der Waals surface area (Å²) in [5.41, 5.74) is 4.67. The maximum absolute atomic E-state index is 4.48. The first kappa shape index (κ1) is 12.8. The molecular formula is C14H17N3S. The molecule has 0 saturated carbocycles. The van der Waals surface area contributed by atoms with Gasteiger partial charge in [0.2, 0.25) is 0 Å². The summed E-state index contributed by atoms with van der Waals surface area (Å²) in [6.45, 7) is 4.21. The Bertz CT molecular complexity index is 619. The fourth-order valence-corrected chi connectivity index (χ4v) is 2.68. The monoisotopic (exact) mass is 259 g/mol. The van der Waals surface area contributed by atoms with E-state index < -0.39 is 0 Å². The molecule has 0 radical (unpaired) electrons. The van der Waals surface area contributed by atoms with Crippen LogP contribution < -0.4 is 5.32 Å². The highest BCUT2D eigenvalue weighted by Gasteiger charge is 2.06. The Balaban J connectivity index is 2.55. The van der Waals surface area contributed by atoms with Crippen molar-refractivity contribution in [1.82, 2.24) is 4.98 Å². The Labute approximate surface area is 111 Å². The molecule has 0 bridgehead atoms. The van der Waals surface area contributed by atoms with Crippen LogP contribution in [0.1, 0.15) is 19.4 Å². The van der Waals surface area contributed by atoms with E-state index in [4.69, 9.17) is 0 Å². The Morgan fingerprint density at radius 1 is 1.39 bits per heavy atom. The van der Waals surface area contributed by atoms with Crippen LogP contribution in [0.15, 0.2) is 28.8 Å². The highest BCUT2D eigenvalue weighted by atomic mass is 32.1. The normalized spacial score (nSPS) is 11.1. The number of hydrogen-bond donors (Lipinski definition) is 1. The van der Waals surface area contributed by atoms with E-state index in [0.29, 0.717) is 0 Å². The zero-order valence-corrected chi connectivity index (χ0v) is 11.9. The lowest BCUT2D eigenvalue weighted by molar-refractivity contribution is 1.39. The van der Waals surface area contributed by atoms with E-state index >= 15 is 0 Å². The lowest BCUT2D eigenvalue weighted by Crippen LogP contribution is -1.89. The van der Waals surface area contributed by atoms with Crippen molar-refractivity contribution in [2.24, 2.45) is 4.99 Å². The molecule has 0 aliphatic heterocycles. The quantitative estimate of drug-likeness (QED) is 0.850. The first-order chi connectivity index (χ1) is 8.65. The number of aliphatic imine (C=N–C) groups is 1. The second-order valence-electron chi connectivity index (χ2n) is 4.25. The van der Waals surface area contributed by atoms with Crippen molar-refractivity contribution >= 4 is 38.5 Å². The van der Waals surface area contributed by atoms with Gasteiger partial charge in [0.1, 0.15) is 0 Å². The van der Waals surface area contributed by atoms with Gasteiger partial charge in [0.15, 0.2) is 5.13 Å². The second kappa shape index (κ2) is 5.31. The van der Waals surface area contributed by atoms with E-state index in [0.717, 1.165) is 10.6 Å². The van der Waals surface area contributed by atoms with E-state index in [2.05, 4.69) is 47.3 Å². The molecule has 4 heteroatoms. The molecule has 3 nitrogen and oxygen atoms in total. The topological polar surface area (TPSA) is 37.3 Å². The third-order valence-electron chi connectivity index (χ3n) is 2.71. The maximum atomic E-state index is 4.48. The Kier molecular flexibility index (Phi) is 3.77. The van der Waals surface area contributed by atoms with Gasteiger partial charge in [-0.3, -0.25) is 4.99 Å². The SMILES string of the molecule is CN=CC(=C(C)C)c1ccc2nc(NC)sc2c1. The van der Waals surface area contributed by atoms with Crippen molar-refractivity contribution in [3.05, 3.63) is 29.3 Å². The summed E-state index contributed by atoms with van der Waals surface area (Å²) in [6.07, 6.45) is 1.91. The number of fused-ring (bicyclic) bond motifs is 1. The van der Waals surface area contributed by atoms with Gasteiger partial charge in [0.25, 0.3) is 0 Å². The summed E-state index contributed by atoms with van der Waals surface area (Å²) in [4.78, 5) is 8.61. The summed E-state index contributed by atoms with van der Waals surface area (Å²) in [5, 5.41) is 4.03. The van der Waals surface area contributed by atoms with Gasteiger partial charge in [-0.1, -0.05) is 23.0 Å². The molecule has 18 heavy (non-hydrogen) atoms. The minimum atomic E-state index is 0.949. The van der Waals surface area contributed by atoms with Crippen molar-refractivity contribution in [3.8, 4) is 0 Å². The molecule has 0 fully saturated rings. The Morgan fingerprint density at radius 2 is 2.17 bits per heavy atom. The van der Waals surface area contributed by atoms with E-state index in [-0.39, 0.29) is 0 Å². The molecule has 0 aliphatic carbocycles. The number of anilines is 1. The summed E-state index contributed by atoms with van der Waals surface area (Å²) in [7, 11) is 3.69. The molecule has 2 rings (SSSR count). The molecule has 0 saturated heterocycles. The highest BCUT2D eigenvalue weighted by Crippen LogP contribution is 2.29. The van der Waals surface area contributed by atoms with Gasteiger partial charge in [0.05, 0.1) is 10.2 Å². The average Bonchev–Trinajstić information content (AvgIpc) is 2.77. The third-order valence-corrected chi connectivity index (χ3v) is 3.75. The smallest absolute Gasteiger partial charge is 0.183 e. The minimum Gasteiger partial charge on any atom is -0.365 e. The van der Waals surface area contributed by atoms with E-state index in [1.54, 1.807) is 18.4 Å². The molecule has 0 unspecified atom stereocenters. The van der Waals surface area contributed by atoms with Gasteiger partial charge >= 0.3 is 0 Å². The molecule has 94 valence electrons. The van der Waals surface area contributed by atoms with Crippen LogP contribution in [0, 0.1) is 0 Å². The molecule has 1 aromatic carbocycles. The van der Waals surface area contributed by atoms with Gasteiger partial charge in [0, 0.05) is 20.3 Å². The van der Waals surface area contributed by atoms with Gasteiger partial charge in [-0.05, 0) is 37.1 Å².